The number of furan rings is 1. The van der Waals surface area contributed by atoms with Gasteiger partial charge in [-0.25, -0.2) is 0 Å². The Morgan fingerprint density at radius 1 is 1.26 bits per heavy atom. The van der Waals surface area contributed by atoms with E-state index in [2.05, 4.69) is 5.32 Å². The van der Waals surface area contributed by atoms with Gasteiger partial charge in [-0.15, -0.1) is 0 Å². The summed E-state index contributed by atoms with van der Waals surface area (Å²) in [5, 5.41) is 2.91. The van der Waals surface area contributed by atoms with Gasteiger partial charge in [0, 0.05) is 12.6 Å². The Balaban J connectivity index is 1.97. The molecule has 1 heterocycles. The second kappa shape index (κ2) is 9.83. The monoisotopic (exact) mass is 372 g/mol. The second-order valence-corrected chi connectivity index (χ2v) is 6.65. The molecule has 0 radical (unpaired) electrons. The minimum atomic E-state index is -0.171. The van der Waals surface area contributed by atoms with E-state index in [0.717, 1.165) is 11.3 Å². The molecule has 1 N–H and O–H groups in total. The first-order chi connectivity index (χ1) is 12.9. The van der Waals surface area contributed by atoms with Gasteiger partial charge in [-0.05, 0) is 63.8 Å². The largest absolute Gasteiger partial charge is 0.493 e. The molecule has 2 rings (SSSR count). The number of benzene rings is 1. The van der Waals surface area contributed by atoms with Crippen molar-refractivity contribution in [3.63, 3.8) is 0 Å². The number of amides is 1. The van der Waals surface area contributed by atoms with Gasteiger partial charge >= 0.3 is 0 Å². The summed E-state index contributed by atoms with van der Waals surface area (Å²) < 4.78 is 16.5. The third-order valence-corrected chi connectivity index (χ3v) is 3.94. The summed E-state index contributed by atoms with van der Waals surface area (Å²) in [6.07, 6.45) is 4.94. The van der Waals surface area contributed by atoms with Crippen molar-refractivity contribution in [1.29, 1.82) is 0 Å². The number of hydrogen-bond acceptors (Lipinski definition) is 5. The molecule has 0 spiro atoms. The Morgan fingerprint density at radius 2 is 2.04 bits per heavy atom. The fraction of sp³-hybridized carbons (Fsp3) is 0.381. The molecule has 27 heavy (non-hydrogen) atoms. The lowest BCUT2D eigenvalue weighted by Gasteiger charge is -2.22. The Bertz CT molecular complexity index is 752. The quantitative estimate of drug-likeness (QED) is 0.683. The Kier molecular flexibility index (Phi) is 7.49. The lowest BCUT2D eigenvalue weighted by Crippen LogP contribution is -2.33. The summed E-state index contributed by atoms with van der Waals surface area (Å²) in [5.41, 5.74) is 0.855. The predicted molar refractivity (Wildman–Crippen MR) is 106 cm³/mol. The van der Waals surface area contributed by atoms with Crippen molar-refractivity contribution < 1.29 is 18.7 Å². The summed E-state index contributed by atoms with van der Waals surface area (Å²) in [7, 11) is 5.49. The van der Waals surface area contributed by atoms with Crippen LogP contribution in [-0.4, -0.2) is 44.7 Å². The van der Waals surface area contributed by atoms with Gasteiger partial charge in [-0.3, -0.25) is 9.69 Å². The minimum Gasteiger partial charge on any atom is -0.493 e. The normalized spacial score (nSPS) is 12.6. The molecule has 1 atom stereocenters. The fourth-order valence-electron chi connectivity index (χ4n) is 2.59. The maximum absolute atomic E-state index is 12.2. The van der Waals surface area contributed by atoms with Crippen LogP contribution >= 0.6 is 0 Å². The van der Waals surface area contributed by atoms with Crippen LogP contribution in [0.3, 0.4) is 0 Å². The molecule has 0 aliphatic rings. The molecule has 1 aromatic heterocycles. The van der Waals surface area contributed by atoms with Gasteiger partial charge < -0.3 is 19.2 Å². The molecule has 6 heteroatoms. The summed E-state index contributed by atoms with van der Waals surface area (Å²) in [6.45, 7) is 4.37. The van der Waals surface area contributed by atoms with E-state index in [1.807, 2.05) is 63.2 Å². The molecule has 0 fully saturated rings. The minimum absolute atomic E-state index is 0.0232. The fourth-order valence-corrected chi connectivity index (χ4v) is 2.59. The topological polar surface area (TPSA) is 63.9 Å². The Hall–Kier alpha value is -2.73. The Labute approximate surface area is 160 Å². The van der Waals surface area contributed by atoms with E-state index in [-0.39, 0.29) is 18.1 Å². The maximum Gasteiger partial charge on any atom is 0.244 e. The summed E-state index contributed by atoms with van der Waals surface area (Å²) >= 11 is 0. The number of hydrogen-bond donors (Lipinski definition) is 1. The van der Waals surface area contributed by atoms with Crippen LogP contribution in [0.25, 0.3) is 6.08 Å². The molecule has 1 unspecified atom stereocenters. The van der Waals surface area contributed by atoms with Crippen LogP contribution in [0.5, 0.6) is 11.5 Å². The molecule has 0 bridgehead atoms. The van der Waals surface area contributed by atoms with Gasteiger partial charge in [0.15, 0.2) is 11.5 Å². The standard InChI is InChI=1S/C21H28N2O4/c1-15(2)27-19-10-8-16(13-20(19)25-5)9-11-21(24)22-14-17(23(3)4)18-7-6-12-26-18/h6-13,15,17H,14H2,1-5H3,(H,22,24)/b11-9+. The molecule has 0 aliphatic carbocycles. The first kappa shape index (κ1) is 20.6. The van der Waals surface area contributed by atoms with Crippen LogP contribution in [0, 0.1) is 0 Å². The van der Waals surface area contributed by atoms with Crippen molar-refractivity contribution in [2.24, 2.45) is 0 Å². The molecular formula is C21H28N2O4. The van der Waals surface area contributed by atoms with Crippen LogP contribution in [0.2, 0.25) is 0 Å². The first-order valence-corrected chi connectivity index (χ1v) is 8.91. The molecule has 1 aromatic carbocycles. The average molecular weight is 372 g/mol. The Morgan fingerprint density at radius 3 is 2.63 bits per heavy atom. The number of carbonyl (C=O) groups is 1. The van der Waals surface area contributed by atoms with E-state index in [1.165, 1.54) is 6.08 Å². The number of nitrogens with zero attached hydrogens (tertiary/aromatic N) is 1. The smallest absolute Gasteiger partial charge is 0.244 e. The lowest BCUT2D eigenvalue weighted by molar-refractivity contribution is -0.116. The van der Waals surface area contributed by atoms with Crippen LogP contribution in [0.4, 0.5) is 0 Å². The number of likely N-dealkylation sites (N-methyl/N-ethyl adjacent to an activating group) is 1. The highest BCUT2D eigenvalue weighted by molar-refractivity contribution is 5.91. The molecular weight excluding hydrogens is 344 g/mol. The van der Waals surface area contributed by atoms with E-state index < -0.39 is 0 Å². The van der Waals surface area contributed by atoms with Crippen LogP contribution in [0.15, 0.2) is 47.1 Å². The van der Waals surface area contributed by atoms with E-state index in [4.69, 9.17) is 13.9 Å². The van der Waals surface area contributed by atoms with E-state index in [1.54, 1.807) is 19.4 Å². The first-order valence-electron chi connectivity index (χ1n) is 8.91. The zero-order valence-corrected chi connectivity index (χ0v) is 16.6. The molecule has 0 saturated heterocycles. The van der Waals surface area contributed by atoms with Gasteiger partial charge in [0.2, 0.25) is 5.91 Å². The third kappa shape index (κ3) is 6.18. The highest BCUT2D eigenvalue weighted by Gasteiger charge is 2.17. The van der Waals surface area contributed by atoms with Gasteiger partial charge in [0.1, 0.15) is 5.76 Å². The molecule has 0 saturated carbocycles. The lowest BCUT2D eigenvalue weighted by atomic mass is 10.1. The zero-order chi connectivity index (χ0) is 19.8. The van der Waals surface area contributed by atoms with E-state index in [0.29, 0.717) is 18.0 Å². The van der Waals surface area contributed by atoms with Crippen molar-refractivity contribution >= 4 is 12.0 Å². The van der Waals surface area contributed by atoms with Gasteiger partial charge in [-0.2, -0.15) is 0 Å². The number of methoxy groups -OCH3 is 1. The maximum atomic E-state index is 12.2. The molecule has 146 valence electrons. The number of carbonyl (C=O) groups excluding carboxylic acids is 1. The van der Waals surface area contributed by atoms with Crippen molar-refractivity contribution in [3.05, 3.63) is 54.0 Å². The highest BCUT2D eigenvalue weighted by Crippen LogP contribution is 2.29. The van der Waals surface area contributed by atoms with E-state index in [9.17, 15) is 4.79 Å². The second-order valence-electron chi connectivity index (χ2n) is 6.65. The van der Waals surface area contributed by atoms with Crippen molar-refractivity contribution in [3.8, 4) is 11.5 Å². The molecule has 6 nitrogen and oxygen atoms in total. The number of ether oxygens (including phenoxy) is 2. The van der Waals surface area contributed by atoms with Crippen LogP contribution in [0.1, 0.15) is 31.2 Å². The number of nitrogens with one attached hydrogen (secondary N) is 1. The zero-order valence-electron chi connectivity index (χ0n) is 16.6. The average Bonchev–Trinajstić information content (AvgIpc) is 3.14. The van der Waals surface area contributed by atoms with Crippen molar-refractivity contribution in [2.75, 3.05) is 27.7 Å². The van der Waals surface area contributed by atoms with E-state index >= 15 is 0 Å². The summed E-state index contributed by atoms with van der Waals surface area (Å²) in [5.74, 6) is 1.96. The highest BCUT2D eigenvalue weighted by atomic mass is 16.5. The van der Waals surface area contributed by atoms with Gasteiger partial charge in [0.25, 0.3) is 0 Å². The van der Waals surface area contributed by atoms with Crippen LogP contribution in [-0.2, 0) is 4.79 Å². The summed E-state index contributed by atoms with van der Waals surface area (Å²) in [6, 6.07) is 9.29. The van der Waals surface area contributed by atoms with Crippen molar-refractivity contribution in [1.82, 2.24) is 10.2 Å². The van der Waals surface area contributed by atoms with Crippen LogP contribution < -0.4 is 14.8 Å². The number of rotatable bonds is 9. The third-order valence-electron chi connectivity index (χ3n) is 3.94. The van der Waals surface area contributed by atoms with Gasteiger partial charge in [-0.1, -0.05) is 6.07 Å². The molecule has 1 amide bonds. The van der Waals surface area contributed by atoms with Crippen molar-refractivity contribution in [2.45, 2.75) is 26.0 Å². The molecule has 0 aliphatic heterocycles. The molecule has 2 aromatic rings. The predicted octanol–water partition coefficient (Wildman–Crippen LogP) is 3.51. The SMILES string of the molecule is COc1cc(/C=C/C(=O)NCC(c2ccco2)N(C)C)ccc1OC(C)C. The summed E-state index contributed by atoms with van der Waals surface area (Å²) in [4.78, 5) is 14.2. The van der Waals surface area contributed by atoms with Gasteiger partial charge in [0.05, 0.1) is 25.5 Å².